The normalized spacial score (nSPS) is 11.5. The second-order valence-electron chi connectivity index (χ2n) is 5.02. The molecule has 0 amide bonds. The van der Waals surface area contributed by atoms with Gasteiger partial charge in [-0.3, -0.25) is 19.2 Å². The van der Waals surface area contributed by atoms with Crippen molar-refractivity contribution in [1.82, 2.24) is 0 Å². The minimum absolute atomic E-state index is 0.0235. The molecule has 0 aliphatic rings. The zero-order valence-electron chi connectivity index (χ0n) is 13.5. The second-order valence-corrected chi connectivity index (χ2v) is 5.45. The summed E-state index contributed by atoms with van der Waals surface area (Å²) < 4.78 is 9.47. The Morgan fingerprint density at radius 3 is 2.46 bits per heavy atom. The first kappa shape index (κ1) is 19.8. The van der Waals surface area contributed by atoms with Crippen LogP contribution in [0, 0.1) is 5.92 Å². The largest absolute Gasteiger partial charge is 0.466 e. The molecule has 0 radical (unpaired) electrons. The van der Waals surface area contributed by atoms with Crippen LogP contribution in [0.15, 0.2) is 24.3 Å². The summed E-state index contributed by atoms with van der Waals surface area (Å²) in [6, 6.07) is 6.17. The smallest absolute Gasteiger partial charge is 0.305 e. The van der Waals surface area contributed by atoms with Gasteiger partial charge in [-0.25, -0.2) is 0 Å². The molecule has 0 fully saturated rings. The molecule has 7 heteroatoms. The third-order valence-electron chi connectivity index (χ3n) is 3.17. The Hall–Kier alpha value is -2.21. The van der Waals surface area contributed by atoms with Gasteiger partial charge < -0.3 is 9.47 Å². The number of carbonyl (C=O) groups excluding carboxylic acids is 4. The average molecular weight is 355 g/mol. The number of esters is 2. The van der Waals surface area contributed by atoms with Gasteiger partial charge in [0.2, 0.25) is 0 Å². The van der Waals surface area contributed by atoms with Gasteiger partial charge in [0.15, 0.2) is 18.2 Å². The monoisotopic (exact) mass is 354 g/mol. The molecule has 0 spiro atoms. The van der Waals surface area contributed by atoms with Gasteiger partial charge in [-0.15, -0.1) is 0 Å². The van der Waals surface area contributed by atoms with Gasteiger partial charge in [0.05, 0.1) is 12.5 Å². The summed E-state index contributed by atoms with van der Waals surface area (Å²) in [4.78, 5) is 47.2. The molecule has 1 atom stereocenters. The van der Waals surface area contributed by atoms with Crippen molar-refractivity contribution >= 4 is 35.1 Å². The van der Waals surface area contributed by atoms with E-state index in [0.29, 0.717) is 5.02 Å². The summed E-state index contributed by atoms with van der Waals surface area (Å²) in [6.07, 6.45) is -0.110. The molecular weight excluding hydrogens is 336 g/mol. The Balaban J connectivity index is 2.90. The van der Waals surface area contributed by atoms with Crippen LogP contribution in [0.25, 0.3) is 0 Å². The molecule has 0 saturated heterocycles. The van der Waals surface area contributed by atoms with Crippen LogP contribution in [0.2, 0.25) is 5.02 Å². The molecule has 130 valence electrons. The van der Waals surface area contributed by atoms with E-state index < -0.39 is 36.0 Å². The predicted molar refractivity (Wildman–Crippen MR) is 86.8 cm³/mol. The average Bonchev–Trinajstić information content (AvgIpc) is 2.53. The van der Waals surface area contributed by atoms with Gasteiger partial charge in [-0.2, -0.15) is 0 Å². The topological polar surface area (TPSA) is 86.7 Å². The summed E-state index contributed by atoms with van der Waals surface area (Å²) >= 11 is 5.86. The first-order chi connectivity index (χ1) is 11.3. The van der Waals surface area contributed by atoms with E-state index in [2.05, 4.69) is 4.74 Å². The Morgan fingerprint density at radius 2 is 1.88 bits per heavy atom. The Morgan fingerprint density at radius 1 is 1.17 bits per heavy atom. The fourth-order valence-electron chi connectivity index (χ4n) is 2.05. The quantitative estimate of drug-likeness (QED) is 0.385. The maximum absolute atomic E-state index is 12.6. The van der Waals surface area contributed by atoms with Gasteiger partial charge in [-0.1, -0.05) is 23.7 Å². The van der Waals surface area contributed by atoms with E-state index in [1.807, 2.05) is 0 Å². The van der Waals surface area contributed by atoms with Crippen molar-refractivity contribution in [2.45, 2.75) is 26.7 Å². The van der Waals surface area contributed by atoms with Crippen LogP contribution < -0.4 is 0 Å². The summed E-state index contributed by atoms with van der Waals surface area (Å²) in [7, 11) is 0. The SMILES string of the molecule is CCOC(=O)CCC(C(=O)COC(C)=O)C(=O)c1cccc(Cl)c1. The van der Waals surface area contributed by atoms with Gasteiger partial charge in [-0.05, 0) is 25.5 Å². The van der Waals surface area contributed by atoms with Crippen molar-refractivity contribution in [2.75, 3.05) is 13.2 Å². The highest BCUT2D eigenvalue weighted by Crippen LogP contribution is 2.19. The van der Waals surface area contributed by atoms with Crippen LogP contribution >= 0.6 is 11.6 Å². The van der Waals surface area contributed by atoms with Crippen molar-refractivity contribution in [3.63, 3.8) is 0 Å². The van der Waals surface area contributed by atoms with Gasteiger partial charge in [0.25, 0.3) is 0 Å². The van der Waals surface area contributed by atoms with Crippen LogP contribution in [0.4, 0.5) is 0 Å². The number of halogens is 1. The molecule has 24 heavy (non-hydrogen) atoms. The third-order valence-corrected chi connectivity index (χ3v) is 3.41. The fraction of sp³-hybridized carbons (Fsp3) is 0.412. The molecule has 1 unspecified atom stereocenters. The number of hydrogen-bond acceptors (Lipinski definition) is 6. The molecule has 0 aromatic heterocycles. The number of rotatable bonds is 9. The van der Waals surface area contributed by atoms with E-state index in [9.17, 15) is 19.2 Å². The first-order valence-corrected chi connectivity index (χ1v) is 7.84. The molecule has 1 rings (SSSR count). The maximum atomic E-state index is 12.6. The lowest BCUT2D eigenvalue weighted by Crippen LogP contribution is -2.29. The standard InChI is InChI=1S/C17H19ClO6/c1-3-23-16(21)8-7-14(15(20)10-24-11(2)19)17(22)12-5-4-6-13(18)9-12/h4-6,9,14H,3,7-8,10H2,1-2H3. The van der Waals surface area contributed by atoms with E-state index in [0.717, 1.165) is 0 Å². The van der Waals surface area contributed by atoms with E-state index >= 15 is 0 Å². The second kappa shape index (κ2) is 9.82. The third kappa shape index (κ3) is 6.50. The first-order valence-electron chi connectivity index (χ1n) is 7.46. The molecular formula is C17H19ClO6. The zero-order chi connectivity index (χ0) is 18.1. The number of ketones is 2. The highest BCUT2D eigenvalue weighted by Gasteiger charge is 2.29. The van der Waals surface area contributed by atoms with Crippen LogP contribution in [0.5, 0.6) is 0 Å². The molecule has 6 nitrogen and oxygen atoms in total. The molecule has 0 saturated carbocycles. The summed E-state index contributed by atoms with van der Waals surface area (Å²) in [5, 5.41) is 0.359. The Bertz CT molecular complexity index is 625. The molecule has 0 N–H and O–H groups in total. The fourth-order valence-corrected chi connectivity index (χ4v) is 2.24. The van der Waals surface area contributed by atoms with Crippen molar-refractivity contribution < 1.29 is 28.7 Å². The lowest BCUT2D eigenvalue weighted by Gasteiger charge is -2.14. The molecule has 0 bridgehead atoms. The zero-order valence-corrected chi connectivity index (χ0v) is 14.3. The lowest BCUT2D eigenvalue weighted by molar-refractivity contribution is -0.147. The molecule has 0 aliphatic heterocycles. The maximum Gasteiger partial charge on any atom is 0.305 e. The van der Waals surface area contributed by atoms with Crippen molar-refractivity contribution in [1.29, 1.82) is 0 Å². The number of ether oxygens (including phenoxy) is 2. The Kier molecular flexibility index (Phi) is 8.12. The summed E-state index contributed by atoms with van der Waals surface area (Å²) in [6.45, 7) is 2.53. The van der Waals surface area contributed by atoms with Crippen LogP contribution in [0.3, 0.4) is 0 Å². The van der Waals surface area contributed by atoms with Gasteiger partial charge in [0.1, 0.15) is 0 Å². The lowest BCUT2D eigenvalue weighted by atomic mass is 9.90. The van der Waals surface area contributed by atoms with Crippen LogP contribution in [-0.2, 0) is 23.9 Å². The van der Waals surface area contributed by atoms with Gasteiger partial charge in [0, 0.05) is 23.9 Å². The molecule has 1 aromatic carbocycles. The van der Waals surface area contributed by atoms with Crippen molar-refractivity contribution in [3.05, 3.63) is 34.9 Å². The van der Waals surface area contributed by atoms with Crippen molar-refractivity contribution in [3.8, 4) is 0 Å². The number of Topliss-reactive ketones (excluding diaryl/α,β-unsaturated/α-hetero) is 2. The highest BCUT2D eigenvalue weighted by molar-refractivity contribution is 6.31. The van der Waals surface area contributed by atoms with E-state index in [1.54, 1.807) is 19.1 Å². The molecule has 0 aliphatic carbocycles. The Labute approximate surface area is 145 Å². The van der Waals surface area contributed by atoms with Gasteiger partial charge >= 0.3 is 11.9 Å². The van der Waals surface area contributed by atoms with Crippen molar-refractivity contribution in [2.24, 2.45) is 5.92 Å². The summed E-state index contributed by atoms with van der Waals surface area (Å²) in [5.74, 6) is -3.27. The van der Waals surface area contributed by atoms with E-state index in [-0.39, 0.29) is 25.0 Å². The molecule has 1 aromatic rings. The minimum Gasteiger partial charge on any atom is -0.466 e. The van der Waals surface area contributed by atoms with Crippen LogP contribution in [-0.4, -0.2) is 36.7 Å². The highest BCUT2D eigenvalue weighted by atomic mass is 35.5. The number of hydrogen-bond donors (Lipinski definition) is 0. The van der Waals surface area contributed by atoms with E-state index in [4.69, 9.17) is 16.3 Å². The minimum atomic E-state index is -1.10. The number of carbonyl (C=O) groups is 4. The van der Waals surface area contributed by atoms with Crippen LogP contribution in [0.1, 0.15) is 37.0 Å². The molecule has 0 heterocycles. The summed E-state index contributed by atoms with van der Waals surface area (Å²) in [5.41, 5.74) is 0.257. The van der Waals surface area contributed by atoms with E-state index in [1.165, 1.54) is 19.1 Å². The predicted octanol–water partition coefficient (Wildman–Crippen LogP) is 2.61. The number of benzene rings is 1.